The van der Waals surface area contributed by atoms with Gasteiger partial charge in [0.25, 0.3) is 5.91 Å². The highest BCUT2D eigenvalue weighted by molar-refractivity contribution is 9.10. The van der Waals surface area contributed by atoms with Crippen LogP contribution >= 0.6 is 27.5 Å². The van der Waals surface area contributed by atoms with Crippen molar-refractivity contribution in [2.75, 3.05) is 27.2 Å². The number of nitrogens with one attached hydrogen (secondary N) is 2. The predicted octanol–water partition coefficient (Wildman–Crippen LogP) is 2.48. The van der Waals surface area contributed by atoms with Crippen molar-refractivity contribution in [3.05, 3.63) is 63.6 Å². The Balaban J connectivity index is 1.88. The number of hydrogen-bond acceptors (Lipinski definition) is 2. The zero-order chi connectivity index (χ0) is 17.5. The Morgan fingerprint density at radius 1 is 1.21 bits per heavy atom. The van der Waals surface area contributed by atoms with Crippen molar-refractivity contribution in [3.63, 3.8) is 0 Å². The molecule has 0 aliphatic heterocycles. The number of ether oxygens (including phenoxy) is 1. The van der Waals surface area contributed by atoms with Gasteiger partial charge in [-0.15, -0.1) is 0 Å². The molecule has 0 spiro atoms. The monoisotopic (exact) mass is 411 g/mol. The first-order valence-corrected chi connectivity index (χ1v) is 8.84. The molecule has 2 aromatic carbocycles. The molecular formula is C18H21BrClN2O2+. The molecule has 1 atom stereocenters. The summed E-state index contributed by atoms with van der Waals surface area (Å²) in [5, 5.41) is 3.63. The van der Waals surface area contributed by atoms with Gasteiger partial charge in [-0.05, 0) is 30.3 Å². The summed E-state index contributed by atoms with van der Waals surface area (Å²) in [5.41, 5.74) is 1.02. The maximum atomic E-state index is 12.0. The minimum absolute atomic E-state index is 0.0142. The molecule has 2 rings (SSSR count). The molecule has 6 heteroatoms. The molecule has 128 valence electrons. The molecule has 0 unspecified atom stereocenters. The van der Waals surface area contributed by atoms with Crippen LogP contribution in [0.2, 0.25) is 5.02 Å². The summed E-state index contributed by atoms with van der Waals surface area (Å²) in [6.07, 6.45) is 0. The highest BCUT2D eigenvalue weighted by Gasteiger charge is 2.21. The molecule has 0 aliphatic carbocycles. The SMILES string of the molecule is C[NH+](C)[C@H](CNC(=O)COc1ccc(Br)cc1)c1ccccc1Cl. The van der Waals surface area contributed by atoms with Crippen LogP contribution in [0.15, 0.2) is 53.0 Å². The molecule has 24 heavy (non-hydrogen) atoms. The minimum atomic E-state index is -0.156. The lowest BCUT2D eigenvalue weighted by molar-refractivity contribution is -0.890. The van der Waals surface area contributed by atoms with E-state index in [1.165, 1.54) is 4.90 Å². The number of amides is 1. The third kappa shape index (κ3) is 5.51. The number of halogens is 2. The lowest BCUT2D eigenvalue weighted by Crippen LogP contribution is -3.07. The van der Waals surface area contributed by atoms with E-state index < -0.39 is 0 Å². The third-order valence-corrected chi connectivity index (χ3v) is 4.54. The second-order valence-corrected chi connectivity index (χ2v) is 7.02. The number of quaternary nitrogens is 1. The summed E-state index contributed by atoms with van der Waals surface area (Å²) in [6, 6.07) is 15.2. The predicted molar refractivity (Wildman–Crippen MR) is 99.7 cm³/mol. The fraction of sp³-hybridized carbons (Fsp3) is 0.278. The molecule has 0 bridgehead atoms. The fourth-order valence-corrected chi connectivity index (χ4v) is 2.86. The van der Waals surface area contributed by atoms with E-state index in [4.69, 9.17) is 16.3 Å². The summed E-state index contributed by atoms with van der Waals surface area (Å²) in [5.74, 6) is 0.505. The number of likely N-dealkylation sites (N-methyl/N-ethyl adjacent to an activating group) is 1. The van der Waals surface area contributed by atoms with Crippen molar-refractivity contribution in [3.8, 4) is 5.75 Å². The van der Waals surface area contributed by atoms with Gasteiger partial charge in [0.05, 0.1) is 20.6 Å². The first-order chi connectivity index (χ1) is 11.5. The maximum Gasteiger partial charge on any atom is 0.258 e. The third-order valence-electron chi connectivity index (χ3n) is 3.66. The standard InChI is InChI=1S/C18H20BrClN2O2/c1-22(2)17(15-5-3-4-6-16(15)20)11-21-18(23)12-24-14-9-7-13(19)8-10-14/h3-10,17H,11-12H2,1-2H3,(H,21,23)/p+1/t17-/m1/s1. The molecule has 2 aromatic rings. The van der Waals surface area contributed by atoms with Gasteiger partial charge in [-0.1, -0.05) is 45.7 Å². The van der Waals surface area contributed by atoms with Crippen LogP contribution in [-0.4, -0.2) is 33.2 Å². The van der Waals surface area contributed by atoms with Crippen molar-refractivity contribution in [2.45, 2.75) is 6.04 Å². The Morgan fingerprint density at radius 3 is 2.50 bits per heavy atom. The van der Waals surface area contributed by atoms with E-state index in [1.807, 2.05) is 62.6 Å². The van der Waals surface area contributed by atoms with Crippen molar-refractivity contribution < 1.29 is 14.4 Å². The van der Waals surface area contributed by atoms with E-state index >= 15 is 0 Å². The van der Waals surface area contributed by atoms with Crippen LogP contribution in [0.5, 0.6) is 5.75 Å². The van der Waals surface area contributed by atoms with E-state index in [9.17, 15) is 4.79 Å². The van der Waals surface area contributed by atoms with Crippen LogP contribution in [-0.2, 0) is 4.79 Å². The molecule has 1 amide bonds. The maximum absolute atomic E-state index is 12.0. The van der Waals surface area contributed by atoms with Crippen LogP contribution < -0.4 is 15.0 Å². The lowest BCUT2D eigenvalue weighted by atomic mass is 10.1. The molecule has 2 N–H and O–H groups in total. The topological polar surface area (TPSA) is 42.8 Å². The Hall–Kier alpha value is -1.56. The molecule has 0 radical (unpaired) electrons. The smallest absolute Gasteiger partial charge is 0.258 e. The van der Waals surface area contributed by atoms with Gasteiger partial charge in [-0.2, -0.15) is 0 Å². The highest BCUT2D eigenvalue weighted by Crippen LogP contribution is 2.20. The van der Waals surface area contributed by atoms with Crippen LogP contribution in [0, 0.1) is 0 Å². The molecule has 0 heterocycles. The number of carbonyl (C=O) groups excluding carboxylic acids is 1. The van der Waals surface area contributed by atoms with Gasteiger partial charge in [-0.3, -0.25) is 4.79 Å². The molecule has 0 saturated carbocycles. The van der Waals surface area contributed by atoms with Gasteiger partial charge in [0.2, 0.25) is 0 Å². The van der Waals surface area contributed by atoms with Gasteiger partial charge in [0.1, 0.15) is 11.8 Å². The zero-order valence-corrected chi connectivity index (χ0v) is 16.0. The lowest BCUT2D eigenvalue weighted by Gasteiger charge is -2.23. The summed E-state index contributed by atoms with van der Waals surface area (Å²) < 4.78 is 6.45. The molecule has 0 aromatic heterocycles. The zero-order valence-electron chi connectivity index (χ0n) is 13.7. The normalized spacial score (nSPS) is 12.0. The average Bonchev–Trinajstić information content (AvgIpc) is 2.56. The molecule has 0 fully saturated rings. The summed E-state index contributed by atoms with van der Waals surface area (Å²) >= 11 is 9.64. The van der Waals surface area contributed by atoms with Crippen LogP contribution in [0.1, 0.15) is 11.6 Å². The number of rotatable bonds is 7. The Morgan fingerprint density at radius 2 is 1.88 bits per heavy atom. The molecule has 4 nitrogen and oxygen atoms in total. The van der Waals surface area contributed by atoms with E-state index in [1.54, 1.807) is 0 Å². The van der Waals surface area contributed by atoms with Gasteiger partial charge in [0.15, 0.2) is 6.61 Å². The Bertz CT molecular complexity index is 677. The van der Waals surface area contributed by atoms with Crippen LogP contribution in [0.4, 0.5) is 0 Å². The second-order valence-electron chi connectivity index (χ2n) is 5.70. The van der Waals surface area contributed by atoms with Crippen molar-refractivity contribution in [1.29, 1.82) is 0 Å². The summed E-state index contributed by atoms with van der Waals surface area (Å²) in [7, 11) is 4.08. The van der Waals surface area contributed by atoms with E-state index in [-0.39, 0.29) is 18.6 Å². The van der Waals surface area contributed by atoms with Crippen molar-refractivity contribution >= 4 is 33.4 Å². The number of hydrogen-bond donors (Lipinski definition) is 2. The molecular weight excluding hydrogens is 392 g/mol. The quantitative estimate of drug-likeness (QED) is 0.734. The van der Waals surface area contributed by atoms with Crippen LogP contribution in [0.3, 0.4) is 0 Å². The largest absolute Gasteiger partial charge is 0.484 e. The van der Waals surface area contributed by atoms with E-state index in [2.05, 4.69) is 21.2 Å². The first-order valence-electron chi connectivity index (χ1n) is 7.67. The Labute approximate surface area is 155 Å². The van der Waals surface area contributed by atoms with Gasteiger partial charge < -0.3 is 15.0 Å². The average molecular weight is 413 g/mol. The van der Waals surface area contributed by atoms with Crippen molar-refractivity contribution in [2.24, 2.45) is 0 Å². The number of benzene rings is 2. The van der Waals surface area contributed by atoms with Gasteiger partial charge >= 0.3 is 0 Å². The van der Waals surface area contributed by atoms with E-state index in [0.717, 1.165) is 10.0 Å². The second kappa shape index (κ2) is 9.06. The highest BCUT2D eigenvalue weighted by atomic mass is 79.9. The summed E-state index contributed by atoms with van der Waals surface area (Å²) in [4.78, 5) is 13.2. The van der Waals surface area contributed by atoms with Crippen molar-refractivity contribution in [1.82, 2.24) is 5.32 Å². The van der Waals surface area contributed by atoms with E-state index in [0.29, 0.717) is 17.3 Å². The molecule has 0 aliphatic rings. The first kappa shape index (κ1) is 18.8. The molecule has 0 saturated heterocycles. The Kier molecular flexibility index (Phi) is 7.09. The van der Waals surface area contributed by atoms with Gasteiger partial charge in [0, 0.05) is 15.1 Å². The summed E-state index contributed by atoms with van der Waals surface area (Å²) in [6.45, 7) is 0.480. The fourth-order valence-electron chi connectivity index (χ4n) is 2.33. The van der Waals surface area contributed by atoms with Crippen LogP contribution in [0.25, 0.3) is 0 Å². The van der Waals surface area contributed by atoms with Gasteiger partial charge in [-0.25, -0.2) is 0 Å². The minimum Gasteiger partial charge on any atom is -0.484 e. The number of carbonyl (C=O) groups is 1.